The number of urea groups is 1. The van der Waals surface area contributed by atoms with Crippen LogP contribution in [-0.2, 0) is 0 Å². The van der Waals surface area contributed by atoms with Crippen molar-refractivity contribution in [2.75, 3.05) is 50.6 Å². The predicted octanol–water partition coefficient (Wildman–Crippen LogP) is 4.02. The maximum atomic E-state index is 12.7. The second-order valence-corrected chi connectivity index (χ2v) is 6.76. The number of piperazine rings is 1. The van der Waals surface area contributed by atoms with E-state index in [9.17, 15) is 4.79 Å². The maximum Gasteiger partial charge on any atom is 0.322 e. The Morgan fingerprint density at radius 3 is 2.48 bits per heavy atom. The van der Waals surface area contributed by atoms with Gasteiger partial charge in [0, 0.05) is 43.0 Å². The lowest BCUT2D eigenvalue weighted by Crippen LogP contribution is -2.50. The molecule has 6 nitrogen and oxygen atoms in total. The Morgan fingerprint density at radius 2 is 1.81 bits per heavy atom. The molecule has 0 spiro atoms. The molecule has 2 amide bonds. The zero-order valence-electron chi connectivity index (χ0n) is 15.8. The van der Waals surface area contributed by atoms with Crippen LogP contribution in [0.15, 0.2) is 36.4 Å². The highest BCUT2D eigenvalue weighted by Gasteiger charge is 2.23. The van der Waals surface area contributed by atoms with Gasteiger partial charge in [-0.1, -0.05) is 17.7 Å². The molecule has 0 aromatic heterocycles. The standard InChI is InChI=1S/C20H24ClN3O3/c1-14-16(21)5-4-6-18(14)23-9-11-24(12-10-23)20(25)22-17-13-15(26-2)7-8-19(17)27-3/h4-8,13H,9-12H2,1-3H3,(H,22,25). The first-order valence-electron chi connectivity index (χ1n) is 8.81. The van der Waals surface area contributed by atoms with Crippen molar-refractivity contribution in [1.82, 2.24) is 4.90 Å². The highest BCUT2D eigenvalue weighted by Crippen LogP contribution is 2.30. The minimum atomic E-state index is -0.149. The third-order valence-electron chi connectivity index (χ3n) is 4.79. The van der Waals surface area contributed by atoms with Crippen molar-refractivity contribution in [3.8, 4) is 11.5 Å². The highest BCUT2D eigenvalue weighted by molar-refractivity contribution is 6.31. The van der Waals surface area contributed by atoms with Gasteiger partial charge in [0.2, 0.25) is 0 Å². The van der Waals surface area contributed by atoms with Crippen molar-refractivity contribution in [3.05, 3.63) is 47.0 Å². The Balaban J connectivity index is 1.64. The summed E-state index contributed by atoms with van der Waals surface area (Å²) in [6.07, 6.45) is 0. The van der Waals surface area contributed by atoms with E-state index in [1.165, 1.54) is 0 Å². The quantitative estimate of drug-likeness (QED) is 0.858. The average Bonchev–Trinajstić information content (AvgIpc) is 2.70. The molecule has 0 atom stereocenters. The van der Waals surface area contributed by atoms with Gasteiger partial charge in [0.15, 0.2) is 0 Å². The van der Waals surface area contributed by atoms with Crippen LogP contribution >= 0.6 is 11.6 Å². The molecule has 0 unspecified atom stereocenters. The van der Waals surface area contributed by atoms with Gasteiger partial charge in [-0.3, -0.25) is 0 Å². The maximum absolute atomic E-state index is 12.7. The number of halogens is 1. The van der Waals surface area contributed by atoms with Crippen LogP contribution in [0, 0.1) is 6.92 Å². The summed E-state index contributed by atoms with van der Waals surface area (Å²) >= 11 is 6.23. The van der Waals surface area contributed by atoms with Crippen molar-refractivity contribution in [2.45, 2.75) is 6.92 Å². The summed E-state index contributed by atoms with van der Waals surface area (Å²) in [6.45, 7) is 4.79. The number of ether oxygens (including phenoxy) is 2. The van der Waals surface area contributed by atoms with Gasteiger partial charge < -0.3 is 24.6 Å². The summed E-state index contributed by atoms with van der Waals surface area (Å²) in [5, 5.41) is 3.69. The SMILES string of the molecule is COc1ccc(OC)c(NC(=O)N2CCN(c3cccc(Cl)c3C)CC2)c1. The molecule has 2 aromatic rings. The largest absolute Gasteiger partial charge is 0.497 e. The molecule has 144 valence electrons. The van der Waals surface area contributed by atoms with Gasteiger partial charge in [0.25, 0.3) is 0 Å². The summed E-state index contributed by atoms with van der Waals surface area (Å²) in [7, 11) is 3.16. The third-order valence-corrected chi connectivity index (χ3v) is 5.20. The molecule has 7 heteroatoms. The van der Waals surface area contributed by atoms with E-state index in [4.69, 9.17) is 21.1 Å². The smallest absolute Gasteiger partial charge is 0.322 e. The molecule has 1 N–H and O–H groups in total. The van der Waals surface area contributed by atoms with Crippen molar-refractivity contribution < 1.29 is 14.3 Å². The topological polar surface area (TPSA) is 54.0 Å². The van der Waals surface area contributed by atoms with E-state index in [1.807, 2.05) is 19.1 Å². The monoisotopic (exact) mass is 389 g/mol. The number of carbonyl (C=O) groups is 1. The number of carbonyl (C=O) groups excluding carboxylic acids is 1. The van der Waals surface area contributed by atoms with E-state index in [0.29, 0.717) is 30.3 Å². The Hall–Kier alpha value is -2.60. The number of rotatable bonds is 4. The molecule has 0 saturated carbocycles. The molecule has 1 fully saturated rings. The lowest BCUT2D eigenvalue weighted by molar-refractivity contribution is 0.208. The summed E-state index contributed by atoms with van der Waals surface area (Å²) in [5.41, 5.74) is 2.78. The van der Waals surface area contributed by atoms with Gasteiger partial charge in [-0.2, -0.15) is 0 Å². The van der Waals surface area contributed by atoms with Crippen LogP contribution in [0.1, 0.15) is 5.56 Å². The van der Waals surface area contributed by atoms with Gasteiger partial charge in [-0.25, -0.2) is 4.79 Å². The molecule has 1 heterocycles. The van der Waals surface area contributed by atoms with Crippen LogP contribution in [0.5, 0.6) is 11.5 Å². The number of amides is 2. The van der Waals surface area contributed by atoms with Crippen molar-refractivity contribution in [3.63, 3.8) is 0 Å². The zero-order chi connectivity index (χ0) is 19.4. The van der Waals surface area contributed by atoms with E-state index in [0.717, 1.165) is 29.4 Å². The van der Waals surface area contributed by atoms with E-state index in [1.54, 1.807) is 37.3 Å². The van der Waals surface area contributed by atoms with Crippen LogP contribution in [-0.4, -0.2) is 51.3 Å². The molecule has 1 aliphatic heterocycles. The van der Waals surface area contributed by atoms with Gasteiger partial charge in [0.1, 0.15) is 11.5 Å². The molecule has 2 aromatic carbocycles. The van der Waals surface area contributed by atoms with Gasteiger partial charge in [-0.05, 0) is 36.8 Å². The lowest BCUT2D eigenvalue weighted by Gasteiger charge is -2.37. The highest BCUT2D eigenvalue weighted by atomic mass is 35.5. The minimum absolute atomic E-state index is 0.149. The molecule has 1 saturated heterocycles. The zero-order valence-corrected chi connectivity index (χ0v) is 16.5. The number of benzene rings is 2. The number of hydrogen-bond donors (Lipinski definition) is 1. The Labute approximate surface area is 164 Å². The predicted molar refractivity (Wildman–Crippen MR) is 109 cm³/mol. The fourth-order valence-electron chi connectivity index (χ4n) is 3.20. The Kier molecular flexibility index (Phi) is 5.96. The molecular weight excluding hydrogens is 366 g/mol. The average molecular weight is 390 g/mol. The lowest BCUT2D eigenvalue weighted by atomic mass is 10.1. The first-order valence-corrected chi connectivity index (χ1v) is 9.19. The van der Waals surface area contributed by atoms with E-state index >= 15 is 0 Å². The van der Waals surface area contributed by atoms with Gasteiger partial charge in [-0.15, -0.1) is 0 Å². The van der Waals surface area contributed by atoms with E-state index < -0.39 is 0 Å². The molecule has 0 radical (unpaired) electrons. The first kappa shape index (κ1) is 19.2. The van der Waals surface area contributed by atoms with Crippen LogP contribution in [0.3, 0.4) is 0 Å². The van der Waals surface area contributed by atoms with E-state index in [2.05, 4.69) is 16.3 Å². The normalized spacial score (nSPS) is 14.1. The number of nitrogens with zero attached hydrogens (tertiary/aromatic N) is 2. The molecule has 0 bridgehead atoms. The van der Waals surface area contributed by atoms with Crippen LogP contribution in [0.4, 0.5) is 16.2 Å². The second-order valence-electron chi connectivity index (χ2n) is 6.35. The fourth-order valence-corrected chi connectivity index (χ4v) is 3.36. The molecule has 1 aliphatic rings. The van der Waals surface area contributed by atoms with Gasteiger partial charge in [0.05, 0.1) is 19.9 Å². The summed E-state index contributed by atoms with van der Waals surface area (Å²) in [4.78, 5) is 16.7. The second kappa shape index (κ2) is 8.39. The van der Waals surface area contributed by atoms with Crippen molar-refractivity contribution in [1.29, 1.82) is 0 Å². The number of nitrogens with one attached hydrogen (secondary N) is 1. The summed E-state index contributed by atoms with van der Waals surface area (Å²) in [6, 6.07) is 11.1. The number of hydrogen-bond acceptors (Lipinski definition) is 4. The Morgan fingerprint density at radius 1 is 1.07 bits per heavy atom. The fraction of sp³-hybridized carbons (Fsp3) is 0.350. The van der Waals surface area contributed by atoms with Crippen LogP contribution < -0.4 is 19.7 Å². The Bertz CT molecular complexity index is 820. The third kappa shape index (κ3) is 4.22. The number of anilines is 2. The summed E-state index contributed by atoms with van der Waals surface area (Å²) < 4.78 is 10.6. The number of methoxy groups -OCH3 is 2. The first-order chi connectivity index (χ1) is 13.0. The molecule has 27 heavy (non-hydrogen) atoms. The summed E-state index contributed by atoms with van der Waals surface area (Å²) in [5.74, 6) is 1.25. The molecule has 0 aliphatic carbocycles. The van der Waals surface area contributed by atoms with Gasteiger partial charge >= 0.3 is 6.03 Å². The van der Waals surface area contributed by atoms with Crippen LogP contribution in [0.25, 0.3) is 0 Å². The van der Waals surface area contributed by atoms with Crippen LogP contribution in [0.2, 0.25) is 5.02 Å². The van der Waals surface area contributed by atoms with E-state index in [-0.39, 0.29) is 6.03 Å². The van der Waals surface area contributed by atoms with Crippen molar-refractivity contribution >= 4 is 29.0 Å². The minimum Gasteiger partial charge on any atom is -0.497 e. The molecule has 3 rings (SSSR count). The van der Waals surface area contributed by atoms with Crippen molar-refractivity contribution in [2.24, 2.45) is 0 Å². The molecular formula is C20H24ClN3O3.